The quantitative estimate of drug-likeness (QED) is 0.0691. The molecule has 26 heteroatoms. The van der Waals surface area contributed by atoms with Crippen molar-refractivity contribution in [3.8, 4) is 11.5 Å². The number of benzene rings is 4. The molecule has 6 amide bonds. The Morgan fingerprint density at radius 3 is 1.25 bits per heavy atom. The van der Waals surface area contributed by atoms with Crippen LogP contribution in [-0.4, -0.2) is 105 Å². The van der Waals surface area contributed by atoms with E-state index < -0.39 is 114 Å². The standard InChI is InChI=1S/C31H31F3N4O6S.C15H15F3N4O4S/c1-30(2)28(39)38(23-10-15-27(35-3)26(18-23)31(32,33)34)29(40)37(30)16-17-45(41,42)36(19-21-6-11-24(43-4)12-7-21)20-22-8-13-25(44-5)14-9-22;1-14(2)12(23)22(13(24)21(14)6-7-27(19,25)26)9-4-5-11(20-3)10(8-9)15(16,17)18/h6-15,18H,16-17,19-20H2,1-2,4-5H3;4-5,8H,6-7H2,1-2H3,(H2,19,25,26). The van der Waals surface area contributed by atoms with E-state index in [0.717, 1.165) is 34.1 Å². The third kappa shape index (κ3) is 12.1. The van der Waals surface area contributed by atoms with Gasteiger partial charge in [-0.2, -0.15) is 30.6 Å². The zero-order valence-corrected chi connectivity index (χ0v) is 40.8. The molecule has 2 aliphatic heterocycles. The summed E-state index contributed by atoms with van der Waals surface area (Å²) in [5.74, 6) is -1.65. The van der Waals surface area contributed by atoms with Crippen molar-refractivity contribution in [3.63, 3.8) is 0 Å². The number of primary sulfonamides is 1. The fourth-order valence-corrected chi connectivity index (χ4v) is 9.33. The molecule has 2 fully saturated rings. The molecule has 0 unspecified atom stereocenters. The summed E-state index contributed by atoms with van der Waals surface area (Å²) >= 11 is 0. The summed E-state index contributed by atoms with van der Waals surface area (Å²) in [6.45, 7) is 18.5. The van der Waals surface area contributed by atoms with E-state index in [1.807, 2.05) is 0 Å². The molecule has 2 N–H and O–H groups in total. The molecule has 0 aliphatic carbocycles. The Morgan fingerprint density at radius 1 is 0.597 bits per heavy atom. The van der Waals surface area contributed by atoms with E-state index in [2.05, 4.69) is 9.69 Å². The van der Waals surface area contributed by atoms with E-state index in [4.69, 9.17) is 27.8 Å². The second-order valence-electron chi connectivity index (χ2n) is 17.0. The average molecular weight is 1050 g/mol. The lowest BCUT2D eigenvalue weighted by atomic mass is 10.0. The normalized spacial score (nSPS) is 15.9. The van der Waals surface area contributed by atoms with Crippen LogP contribution in [0.2, 0.25) is 0 Å². The maximum absolute atomic E-state index is 13.8. The van der Waals surface area contributed by atoms with E-state index in [-0.39, 0.29) is 24.5 Å². The van der Waals surface area contributed by atoms with Gasteiger partial charge in [0.1, 0.15) is 22.6 Å². The van der Waals surface area contributed by atoms with Crippen LogP contribution < -0.4 is 24.4 Å². The number of urea groups is 2. The number of nitrogens with zero attached hydrogens (tertiary/aromatic N) is 7. The first-order valence-corrected chi connectivity index (χ1v) is 24.4. The summed E-state index contributed by atoms with van der Waals surface area (Å²) in [5.41, 5.74) is -6.36. The Hall–Kier alpha value is -7.26. The summed E-state index contributed by atoms with van der Waals surface area (Å²) in [6, 6.07) is 16.8. The number of hydrogen-bond donors (Lipinski definition) is 1. The van der Waals surface area contributed by atoms with Crippen LogP contribution in [0.1, 0.15) is 49.9 Å². The Morgan fingerprint density at radius 2 is 0.944 bits per heavy atom. The molecule has 0 spiro atoms. The van der Waals surface area contributed by atoms with Crippen molar-refractivity contribution < 1.29 is 71.8 Å². The fourth-order valence-electron chi connectivity index (χ4n) is 7.53. The van der Waals surface area contributed by atoms with E-state index in [9.17, 15) is 62.4 Å². The maximum Gasteiger partial charge on any atom is 0.407 e. The van der Waals surface area contributed by atoms with Crippen LogP contribution in [0.3, 0.4) is 0 Å². The number of nitrogens with two attached hydrogens (primary N) is 1. The lowest BCUT2D eigenvalue weighted by Gasteiger charge is -2.29. The van der Waals surface area contributed by atoms with Crippen molar-refractivity contribution >= 4 is 66.7 Å². The van der Waals surface area contributed by atoms with Gasteiger partial charge >= 0.3 is 24.4 Å². The summed E-state index contributed by atoms with van der Waals surface area (Å²) in [6.07, 6.45) is -9.76. The number of methoxy groups -OCH3 is 2. The molecule has 0 saturated carbocycles. The van der Waals surface area contributed by atoms with Gasteiger partial charge in [-0.05, 0) is 87.4 Å². The van der Waals surface area contributed by atoms with Crippen LogP contribution in [0, 0.1) is 13.1 Å². The van der Waals surface area contributed by atoms with Crippen molar-refractivity contribution in [2.75, 3.05) is 48.6 Å². The van der Waals surface area contributed by atoms with Crippen LogP contribution in [0.4, 0.5) is 58.7 Å². The van der Waals surface area contributed by atoms with Crippen molar-refractivity contribution in [1.29, 1.82) is 0 Å². The number of carbonyl (C=O) groups is 4. The van der Waals surface area contributed by atoms with Gasteiger partial charge in [0, 0.05) is 26.2 Å². The molecule has 6 rings (SSSR count). The minimum absolute atomic E-state index is 0.00558. The lowest BCUT2D eigenvalue weighted by Crippen LogP contribution is -2.47. The van der Waals surface area contributed by atoms with E-state index in [1.165, 1.54) is 46.2 Å². The molecule has 72 heavy (non-hydrogen) atoms. The molecule has 4 aromatic carbocycles. The van der Waals surface area contributed by atoms with Crippen molar-refractivity contribution in [2.24, 2.45) is 5.14 Å². The van der Waals surface area contributed by atoms with E-state index >= 15 is 0 Å². The van der Waals surface area contributed by atoms with Crippen LogP contribution >= 0.6 is 0 Å². The molecule has 2 aliphatic rings. The molecule has 0 aromatic heterocycles. The highest BCUT2D eigenvalue weighted by molar-refractivity contribution is 7.89. The molecule has 18 nitrogen and oxygen atoms in total. The number of carbonyl (C=O) groups excluding carboxylic acids is 4. The monoisotopic (exact) mass is 1050 g/mol. The summed E-state index contributed by atoms with van der Waals surface area (Å²) in [7, 11) is -4.98. The summed E-state index contributed by atoms with van der Waals surface area (Å²) in [4.78, 5) is 60.8. The molecule has 384 valence electrons. The number of alkyl halides is 6. The van der Waals surface area contributed by atoms with Gasteiger partial charge in [0.05, 0.1) is 61.4 Å². The third-order valence-electron chi connectivity index (χ3n) is 11.6. The molecule has 2 saturated heterocycles. The number of amides is 6. The number of rotatable bonds is 15. The Balaban J connectivity index is 0.000000304. The molecular weight excluding hydrogens is 1000 g/mol. The van der Waals surface area contributed by atoms with Crippen LogP contribution in [-0.2, 0) is 55.1 Å². The second-order valence-corrected chi connectivity index (χ2v) is 20.9. The first-order chi connectivity index (χ1) is 33.3. The Labute approximate surface area is 410 Å². The number of imide groups is 2. The largest absolute Gasteiger partial charge is 0.497 e. The summed E-state index contributed by atoms with van der Waals surface area (Å²) < 4.78 is 142. The van der Waals surface area contributed by atoms with Crippen molar-refractivity contribution in [2.45, 2.75) is 64.2 Å². The van der Waals surface area contributed by atoms with Gasteiger partial charge in [-0.15, -0.1) is 0 Å². The number of sulfonamides is 2. The minimum Gasteiger partial charge on any atom is -0.497 e. The van der Waals surface area contributed by atoms with Crippen molar-refractivity contribution in [3.05, 3.63) is 130 Å². The van der Waals surface area contributed by atoms with Gasteiger partial charge in [0.2, 0.25) is 20.0 Å². The number of hydrogen-bond acceptors (Lipinski definition) is 10. The highest BCUT2D eigenvalue weighted by Gasteiger charge is 2.54. The highest BCUT2D eigenvalue weighted by atomic mass is 32.2. The van der Waals surface area contributed by atoms with Gasteiger partial charge in [-0.3, -0.25) is 9.59 Å². The third-order valence-corrected chi connectivity index (χ3v) is 14.1. The fraction of sp³-hybridized carbons (Fsp3) is 0.348. The van der Waals surface area contributed by atoms with Gasteiger partial charge in [0.15, 0.2) is 11.4 Å². The molecule has 4 aromatic rings. The van der Waals surface area contributed by atoms with Gasteiger partial charge < -0.3 is 19.3 Å². The molecule has 0 bridgehead atoms. The molecule has 2 heterocycles. The molecule has 0 radical (unpaired) electrons. The van der Waals surface area contributed by atoms with E-state index in [1.54, 1.807) is 48.5 Å². The predicted octanol–water partition coefficient (Wildman–Crippen LogP) is 7.94. The highest BCUT2D eigenvalue weighted by Crippen LogP contribution is 2.42. The summed E-state index contributed by atoms with van der Waals surface area (Å²) in [5, 5.41) is 4.91. The molecular formula is C46H46F6N8O10S2. The topological polar surface area (TPSA) is 206 Å². The number of anilines is 2. The first-order valence-electron chi connectivity index (χ1n) is 21.1. The Bertz CT molecular complexity index is 3020. The lowest BCUT2D eigenvalue weighted by molar-refractivity contribution is -0.137. The average Bonchev–Trinajstić information content (AvgIpc) is 3.59. The first kappa shape index (κ1) is 55.7. The van der Waals surface area contributed by atoms with Gasteiger partial charge in [-0.25, -0.2) is 51.1 Å². The van der Waals surface area contributed by atoms with Gasteiger partial charge in [0.25, 0.3) is 11.8 Å². The maximum atomic E-state index is 13.8. The van der Waals surface area contributed by atoms with Crippen LogP contribution in [0.25, 0.3) is 9.69 Å². The van der Waals surface area contributed by atoms with E-state index in [0.29, 0.717) is 44.6 Å². The predicted molar refractivity (Wildman–Crippen MR) is 250 cm³/mol. The zero-order valence-electron chi connectivity index (χ0n) is 39.2. The minimum atomic E-state index is -4.90. The Kier molecular flexibility index (Phi) is 16.1. The van der Waals surface area contributed by atoms with Crippen molar-refractivity contribution in [1.82, 2.24) is 14.1 Å². The SMILES string of the molecule is [C-]#[N+]c1ccc(N2C(=O)N(CCS(=O)(=O)N(Cc3ccc(OC)cc3)Cc3ccc(OC)cc3)C(C)(C)C2=O)cc1C(F)(F)F.[C-]#[N+]c1ccc(N2C(=O)N(CCS(N)(=O)=O)C(C)(C)C2=O)cc1C(F)(F)F. The second kappa shape index (κ2) is 20.8. The van der Waals surface area contributed by atoms with Crippen LogP contribution in [0.15, 0.2) is 84.9 Å². The molecule has 0 atom stereocenters. The number of ether oxygens (including phenoxy) is 2. The van der Waals surface area contributed by atoms with Gasteiger partial charge in [-0.1, -0.05) is 36.4 Å². The number of halogens is 6. The zero-order chi connectivity index (χ0) is 53.9. The van der Waals surface area contributed by atoms with Crippen LogP contribution in [0.5, 0.6) is 11.5 Å². The smallest absolute Gasteiger partial charge is 0.407 e.